The fourth-order valence-corrected chi connectivity index (χ4v) is 4.90. The van der Waals surface area contributed by atoms with Gasteiger partial charge in [0.1, 0.15) is 23.1 Å². The molecule has 1 saturated heterocycles. The van der Waals surface area contributed by atoms with E-state index in [9.17, 15) is 19.1 Å². The summed E-state index contributed by atoms with van der Waals surface area (Å²) in [5.41, 5.74) is 2.64. The van der Waals surface area contributed by atoms with Gasteiger partial charge >= 0.3 is 0 Å². The number of Topliss-reactive ketones (excluding diaryl/α,β-unsaturated/α-hetero) is 1. The molecule has 1 N–H and O–H groups in total. The zero-order chi connectivity index (χ0) is 28.6. The molecule has 0 radical (unpaired) electrons. The molecule has 0 aliphatic carbocycles. The number of halogens is 1. The Morgan fingerprint density at radius 3 is 2.25 bits per heavy atom. The first-order valence-corrected chi connectivity index (χ1v) is 13.1. The summed E-state index contributed by atoms with van der Waals surface area (Å²) in [4.78, 5) is 28.4. The van der Waals surface area contributed by atoms with Gasteiger partial charge in [-0.1, -0.05) is 69.3 Å². The normalized spacial score (nSPS) is 16.8. The van der Waals surface area contributed by atoms with E-state index in [0.29, 0.717) is 22.6 Å². The van der Waals surface area contributed by atoms with Crippen LogP contribution in [-0.4, -0.2) is 16.8 Å². The summed E-state index contributed by atoms with van der Waals surface area (Å²) in [6.07, 6.45) is 0. The van der Waals surface area contributed by atoms with Crippen molar-refractivity contribution in [1.29, 1.82) is 0 Å². The lowest BCUT2D eigenvalue weighted by Gasteiger charge is -2.26. The molecule has 1 atom stereocenters. The zero-order valence-corrected chi connectivity index (χ0v) is 22.8. The van der Waals surface area contributed by atoms with Crippen molar-refractivity contribution in [1.82, 2.24) is 0 Å². The summed E-state index contributed by atoms with van der Waals surface area (Å²) < 4.78 is 20.3. The monoisotopic (exact) mass is 535 g/mol. The second-order valence-corrected chi connectivity index (χ2v) is 10.9. The van der Waals surface area contributed by atoms with Gasteiger partial charge in [0.2, 0.25) is 0 Å². The topological polar surface area (TPSA) is 66.8 Å². The first-order valence-electron chi connectivity index (χ1n) is 13.1. The minimum Gasteiger partial charge on any atom is -0.507 e. The lowest BCUT2D eigenvalue weighted by molar-refractivity contribution is -0.132. The van der Waals surface area contributed by atoms with E-state index in [-0.39, 0.29) is 22.4 Å². The third kappa shape index (κ3) is 5.13. The van der Waals surface area contributed by atoms with E-state index in [0.717, 1.165) is 11.1 Å². The fraction of sp³-hybridized carbons (Fsp3) is 0.176. The van der Waals surface area contributed by atoms with Gasteiger partial charge in [0.15, 0.2) is 0 Å². The number of para-hydroxylation sites is 1. The van der Waals surface area contributed by atoms with Crippen LogP contribution in [0.25, 0.3) is 5.76 Å². The van der Waals surface area contributed by atoms with Crippen LogP contribution in [0.5, 0.6) is 11.5 Å². The Hall–Kier alpha value is -4.71. The maximum absolute atomic E-state index is 14.3. The fourth-order valence-electron chi connectivity index (χ4n) is 4.90. The van der Waals surface area contributed by atoms with Crippen LogP contribution in [0.1, 0.15) is 49.1 Å². The summed E-state index contributed by atoms with van der Waals surface area (Å²) in [6, 6.07) is 26.5. The molecule has 1 fully saturated rings. The molecular weight excluding hydrogens is 505 g/mol. The molecule has 1 heterocycles. The zero-order valence-electron chi connectivity index (χ0n) is 22.8. The van der Waals surface area contributed by atoms with Gasteiger partial charge in [0, 0.05) is 11.3 Å². The minimum absolute atomic E-state index is 0.0692. The first-order chi connectivity index (χ1) is 19.0. The van der Waals surface area contributed by atoms with Crippen molar-refractivity contribution in [3.8, 4) is 11.5 Å². The Bertz CT molecular complexity index is 1640. The summed E-state index contributed by atoms with van der Waals surface area (Å²) in [7, 11) is 0. The molecule has 1 amide bonds. The summed E-state index contributed by atoms with van der Waals surface area (Å²) in [5.74, 6) is -1.42. The van der Waals surface area contributed by atoms with Crippen molar-refractivity contribution >= 4 is 23.1 Å². The van der Waals surface area contributed by atoms with Crippen LogP contribution in [0.4, 0.5) is 10.1 Å². The van der Waals surface area contributed by atoms with Crippen LogP contribution < -0.4 is 9.64 Å². The molecule has 6 heteroatoms. The minimum atomic E-state index is -1.01. The van der Waals surface area contributed by atoms with Crippen LogP contribution in [0, 0.1) is 12.7 Å². The summed E-state index contributed by atoms with van der Waals surface area (Å²) in [6.45, 7) is 8.02. The molecule has 202 valence electrons. The molecule has 0 bridgehead atoms. The number of nitrogens with zero attached hydrogens (tertiary/aromatic N) is 1. The number of aliphatic hydroxyl groups is 1. The molecule has 0 spiro atoms. The lowest BCUT2D eigenvalue weighted by Crippen LogP contribution is -2.29. The summed E-state index contributed by atoms with van der Waals surface area (Å²) in [5, 5.41) is 11.7. The van der Waals surface area contributed by atoms with E-state index >= 15 is 0 Å². The number of anilines is 1. The molecule has 5 rings (SSSR count). The molecular formula is C34H30FNO4. The molecule has 40 heavy (non-hydrogen) atoms. The van der Waals surface area contributed by atoms with Gasteiger partial charge in [-0.05, 0) is 77.6 Å². The second-order valence-electron chi connectivity index (χ2n) is 10.9. The van der Waals surface area contributed by atoms with Crippen LogP contribution in [0.2, 0.25) is 0 Å². The molecule has 1 unspecified atom stereocenters. The largest absolute Gasteiger partial charge is 0.507 e. The quantitative estimate of drug-likeness (QED) is 0.161. The van der Waals surface area contributed by atoms with Gasteiger partial charge in [-0.15, -0.1) is 0 Å². The SMILES string of the molecule is Cc1ccc(C(C)(C)C)cc1/C(O)=C1\C(=O)C(=O)N(c2cccc(F)c2)C1c1cccc(Oc2ccccc2)c1. The van der Waals surface area contributed by atoms with Crippen molar-refractivity contribution in [2.45, 2.75) is 39.2 Å². The van der Waals surface area contributed by atoms with E-state index < -0.39 is 23.5 Å². The Morgan fingerprint density at radius 2 is 1.55 bits per heavy atom. The Balaban J connectivity index is 1.71. The van der Waals surface area contributed by atoms with Crippen LogP contribution in [0.3, 0.4) is 0 Å². The van der Waals surface area contributed by atoms with Crippen molar-refractivity contribution in [3.63, 3.8) is 0 Å². The summed E-state index contributed by atoms with van der Waals surface area (Å²) >= 11 is 0. The maximum Gasteiger partial charge on any atom is 0.300 e. The Labute approximate surface area is 233 Å². The average Bonchev–Trinajstić information content (AvgIpc) is 3.19. The molecule has 0 saturated carbocycles. The lowest BCUT2D eigenvalue weighted by atomic mass is 9.84. The van der Waals surface area contributed by atoms with Crippen LogP contribution in [-0.2, 0) is 15.0 Å². The van der Waals surface area contributed by atoms with Gasteiger partial charge in [-0.2, -0.15) is 0 Å². The Morgan fingerprint density at radius 1 is 0.850 bits per heavy atom. The highest BCUT2D eigenvalue weighted by molar-refractivity contribution is 6.51. The van der Waals surface area contributed by atoms with Crippen molar-refractivity contribution < 1.29 is 23.8 Å². The van der Waals surface area contributed by atoms with Gasteiger partial charge in [-0.3, -0.25) is 14.5 Å². The number of hydrogen-bond donors (Lipinski definition) is 1. The predicted octanol–water partition coefficient (Wildman–Crippen LogP) is 7.85. The number of carbonyl (C=O) groups excluding carboxylic acids is 2. The molecule has 1 aliphatic rings. The molecule has 5 nitrogen and oxygen atoms in total. The predicted molar refractivity (Wildman–Crippen MR) is 154 cm³/mol. The van der Waals surface area contributed by atoms with E-state index in [1.165, 1.54) is 23.1 Å². The number of carbonyl (C=O) groups is 2. The van der Waals surface area contributed by atoms with E-state index in [2.05, 4.69) is 20.8 Å². The van der Waals surface area contributed by atoms with Gasteiger partial charge in [0.05, 0.1) is 11.6 Å². The van der Waals surface area contributed by atoms with Gasteiger partial charge in [-0.25, -0.2) is 4.39 Å². The van der Waals surface area contributed by atoms with Crippen molar-refractivity contribution in [2.24, 2.45) is 0 Å². The highest BCUT2D eigenvalue weighted by Gasteiger charge is 2.47. The number of hydrogen-bond acceptors (Lipinski definition) is 4. The third-order valence-electron chi connectivity index (χ3n) is 7.04. The second kappa shape index (κ2) is 10.5. The van der Waals surface area contributed by atoms with Gasteiger partial charge < -0.3 is 9.84 Å². The molecule has 1 aliphatic heterocycles. The standard InChI is InChI=1S/C34H30FNO4/c1-21-16-17-23(34(2,3)4)19-28(21)31(37)29-30(36(33(39)32(29)38)25-12-9-11-24(35)20-25)22-10-8-15-27(18-22)40-26-13-6-5-7-14-26/h5-20,30,37H,1-4H3/b31-29+. The highest BCUT2D eigenvalue weighted by Crippen LogP contribution is 2.44. The van der Waals surface area contributed by atoms with Crippen molar-refractivity contribution in [3.05, 3.63) is 131 Å². The number of amides is 1. The number of ether oxygens (including phenoxy) is 1. The molecule has 4 aromatic carbocycles. The molecule has 0 aromatic heterocycles. The van der Waals surface area contributed by atoms with Crippen LogP contribution >= 0.6 is 0 Å². The first kappa shape index (κ1) is 26.9. The van der Waals surface area contributed by atoms with E-state index in [1.807, 2.05) is 55.5 Å². The number of benzene rings is 4. The average molecular weight is 536 g/mol. The van der Waals surface area contributed by atoms with E-state index in [1.54, 1.807) is 30.3 Å². The Kier molecular flexibility index (Phi) is 7.03. The molecule has 4 aromatic rings. The highest BCUT2D eigenvalue weighted by atomic mass is 19.1. The number of ketones is 1. The van der Waals surface area contributed by atoms with Crippen LogP contribution in [0.15, 0.2) is 103 Å². The van der Waals surface area contributed by atoms with Crippen molar-refractivity contribution in [2.75, 3.05) is 4.90 Å². The number of aliphatic hydroxyl groups excluding tert-OH is 1. The van der Waals surface area contributed by atoms with E-state index in [4.69, 9.17) is 4.74 Å². The van der Waals surface area contributed by atoms with Gasteiger partial charge in [0.25, 0.3) is 11.7 Å². The number of aryl methyl sites for hydroxylation is 1. The third-order valence-corrected chi connectivity index (χ3v) is 7.04. The maximum atomic E-state index is 14.3. The number of rotatable bonds is 5. The smallest absolute Gasteiger partial charge is 0.300 e.